The highest BCUT2D eigenvalue weighted by atomic mass is 32.2. The second kappa shape index (κ2) is 9.33. The summed E-state index contributed by atoms with van der Waals surface area (Å²) in [6.45, 7) is 0.550. The lowest BCUT2D eigenvalue weighted by Gasteiger charge is -2.25. The zero-order valence-corrected chi connectivity index (χ0v) is 19.8. The van der Waals surface area contributed by atoms with Gasteiger partial charge in [-0.25, -0.2) is 13.2 Å². The summed E-state index contributed by atoms with van der Waals surface area (Å²) in [7, 11) is -2.85. The van der Waals surface area contributed by atoms with Crippen molar-refractivity contribution >= 4 is 26.9 Å². The molecule has 1 N–H and O–H groups in total. The molecule has 0 amide bonds. The van der Waals surface area contributed by atoms with Crippen LogP contribution in [0.5, 0.6) is 11.5 Å². The number of carbonyl (C=O) groups excluding carboxylic acids is 1. The van der Waals surface area contributed by atoms with Crippen LogP contribution in [0, 0.1) is 0 Å². The van der Waals surface area contributed by atoms with E-state index in [-0.39, 0.29) is 42.0 Å². The van der Waals surface area contributed by atoms with Gasteiger partial charge in [0.2, 0.25) is 16.8 Å². The molecular weight excluding hydrogens is 476 g/mol. The lowest BCUT2D eigenvalue weighted by atomic mass is 10.1. The van der Waals surface area contributed by atoms with Crippen LogP contribution in [0.15, 0.2) is 52.2 Å². The summed E-state index contributed by atoms with van der Waals surface area (Å²) >= 11 is 0. The Bertz CT molecular complexity index is 1440. The number of aromatic amines is 1. The third-order valence-electron chi connectivity index (χ3n) is 6.09. The molecule has 11 heteroatoms. The zero-order chi connectivity index (χ0) is 24.6. The lowest BCUT2D eigenvalue weighted by molar-refractivity contribution is 0.0600. The van der Waals surface area contributed by atoms with E-state index in [1.54, 1.807) is 18.2 Å². The summed E-state index contributed by atoms with van der Waals surface area (Å²) in [5.41, 5.74) is 0.529. The first kappa shape index (κ1) is 23.3. The Morgan fingerprint density at radius 2 is 1.97 bits per heavy atom. The van der Waals surface area contributed by atoms with Gasteiger partial charge in [0.15, 0.2) is 11.5 Å². The maximum atomic E-state index is 13.7. The number of aromatic nitrogens is 1. The first-order chi connectivity index (χ1) is 16.8. The van der Waals surface area contributed by atoms with Gasteiger partial charge in [0.05, 0.1) is 29.2 Å². The Balaban J connectivity index is 1.53. The number of nitrogens with zero attached hydrogens (tertiary/aromatic N) is 1. The van der Waals surface area contributed by atoms with Gasteiger partial charge in [0.25, 0.3) is 5.56 Å². The summed E-state index contributed by atoms with van der Waals surface area (Å²) in [5, 5.41) is 0.686. The van der Waals surface area contributed by atoms with Crippen LogP contribution in [0.4, 0.5) is 0 Å². The summed E-state index contributed by atoms with van der Waals surface area (Å²) in [6, 6.07) is 10.7. The first-order valence-corrected chi connectivity index (χ1v) is 12.5. The highest BCUT2D eigenvalue weighted by Gasteiger charge is 2.31. The SMILES string of the molecule is COC(=O)c1cccc(S(=O)(=O)N(Cc2cc3cc4c(cc3[nH]c2=O)OCO4)C[C@H]2CCCO2)c1. The Kier molecular flexibility index (Phi) is 6.22. The average Bonchev–Trinajstić information content (AvgIpc) is 3.54. The van der Waals surface area contributed by atoms with Crippen molar-refractivity contribution < 1.29 is 32.2 Å². The molecule has 2 aliphatic rings. The molecule has 1 saturated heterocycles. The number of carbonyl (C=O) groups is 1. The number of fused-ring (bicyclic) bond motifs is 2. The van der Waals surface area contributed by atoms with E-state index in [2.05, 4.69) is 4.98 Å². The predicted octanol–water partition coefficient (Wildman–Crippen LogP) is 2.41. The molecule has 0 spiro atoms. The number of esters is 1. The third-order valence-corrected chi connectivity index (χ3v) is 7.89. The molecule has 1 atom stereocenters. The number of hydrogen-bond donors (Lipinski definition) is 1. The van der Waals surface area contributed by atoms with Crippen molar-refractivity contribution in [1.29, 1.82) is 0 Å². The first-order valence-electron chi connectivity index (χ1n) is 11.1. The molecule has 0 unspecified atom stereocenters. The van der Waals surface area contributed by atoms with Crippen LogP contribution >= 0.6 is 0 Å². The number of sulfonamides is 1. The number of hydrogen-bond acceptors (Lipinski definition) is 8. The van der Waals surface area contributed by atoms with Gasteiger partial charge in [-0.15, -0.1) is 0 Å². The minimum Gasteiger partial charge on any atom is -0.465 e. The molecule has 0 aliphatic carbocycles. The number of nitrogens with one attached hydrogen (secondary N) is 1. The van der Waals surface area contributed by atoms with Gasteiger partial charge in [-0.2, -0.15) is 4.31 Å². The quantitative estimate of drug-likeness (QED) is 0.491. The largest absolute Gasteiger partial charge is 0.465 e. The standard InChI is InChI=1S/C24H24N2O8S/c1-31-24(28)15-4-2-6-19(9-15)35(29,30)26(13-18-5-3-7-32-18)12-17-8-16-10-21-22(34-14-33-21)11-20(16)25-23(17)27/h2,4,6,8-11,18H,3,5,7,12-14H2,1H3,(H,25,27)/t18-/m1/s1. The molecule has 3 aromatic rings. The van der Waals surface area contributed by atoms with Crippen LogP contribution in [0.2, 0.25) is 0 Å². The van der Waals surface area contributed by atoms with Gasteiger partial charge >= 0.3 is 5.97 Å². The molecule has 0 radical (unpaired) electrons. The molecule has 3 heterocycles. The van der Waals surface area contributed by atoms with Crippen molar-refractivity contribution in [3.8, 4) is 11.5 Å². The van der Waals surface area contributed by atoms with Gasteiger partial charge in [-0.1, -0.05) is 6.07 Å². The van der Waals surface area contributed by atoms with E-state index in [0.29, 0.717) is 35.4 Å². The van der Waals surface area contributed by atoms with E-state index in [4.69, 9.17) is 18.9 Å². The number of H-pyrrole nitrogens is 1. The molecule has 2 aromatic carbocycles. The fourth-order valence-electron chi connectivity index (χ4n) is 4.26. The van der Waals surface area contributed by atoms with Crippen molar-refractivity contribution in [1.82, 2.24) is 9.29 Å². The lowest BCUT2D eigenvalue weighted by Crippen LogP contribution is -2.38. The van der Waals surface area contributed by atoms with Gasteiger partial charge in [0, 0.05) is 36.7 Å². The van der Waals surface area contributed by atoms with E-state index in [1.165, 1.54) is 35.7 Å². The zero-order valence-electron chi connectivity index (χ0n) is 19.0. The van der Waals surface area contributed by atoms with E-state index in [9.17, 15) is 18.0 Å². The second-order valence-corrected chi connectivity index (χ2v) is 10.3. The Morgan fingerprint density at radius 3 is 2.71 bits per heavy atom. The molecule has 5 rings (SSSR count). The van der Waals surface area contributed by atoms with Crippen molar-refractivity contribution in [2.24, 2.45) is 0 Å². The summed E-state index contributed by atoms with van der Waals surface area (Å²) in [5.74, 6) is 0.449. The van der Waals surface area contributed by atoms with Gasteiger partial charge in [0.1, 0.15) is 0 Å². The topological polar surface area (TPSA) is 124 Å². The van der Waals surface area contributed by atoms with E-state index in [1.807, 2.05) is 0 Å². The fourth-order valence-corrected chi connectivity index (χ4v) is 5.76. The molecule has 184 valence electrons. The van der Waals surface area contributed by atoms with Gasteiger partial charge in [-0.3, -0.25) is 4.79 Å². The van der Waals surface area contributed by atoms with E-state index in [0.717, 1.165) is 6.42 Å². The van der Waals surface area contributed by atoms with Crippen molar-refractivity contribution in [2.75, 3.05) is 27.1 Å². The van der Waals surface area contributed by atoms with Crippen LogP contribution in [-0.4, -0.2) is 56.8 Å². The highest BCUT2D eigenvalue weighted by Crippen LogP contribution is 2.35. The average molecular weight is 501 g/mol. The maximum Gasteiger partial charge on any atom is 0.337 e. The minimum atomic E-state index is -4.08. The van der Waals surface area contributed by atoms with Crippen molar-refractivity contribution in [3.05, 3.63) is 63.9 Å². The van der Waals surface area contributed by atoms with Gasteiger partial charge < -0.3 is 23.9 Å². The highest BCUT2D eigenvalue weighted by molar-refractivity contribution is 7.89. The molecular formula is C24H24N2O8S. The summed E-state index contributed by atoms with van der Waals surface area (Å²) in [4.78, 5) is 27.6. The van der Waals surface area contributed by atoms with Crippen LogP contribution < -0.4 is 15.0 Å². The molecule has 0 bridgehead atoms. The molecule has 1 fully saturated rings. The van der Waals surface area contributed by atoms with E-state index < -0.39 is 21.6 Å². The summed E-state index contributed by atoms with van der Waals surface area (Å²) in [6.07, 6.45) is 1.26. The van der Waals surface area contributed by atoms with Crippen LogP contribution in [0.1, 0.15) is 28.8 Å². The van der Waals surface area contributed by atoms with Crippen LogP contribution in [0.25, 0.3) is 10.9 Å². The smallest absolute Gasteiger partial charge is 0.337 e. The number of pyridine rings is 1. The second-order valence-electron chi connectivity index (χ2n) is 8.37. The number of methoxy groups -OCH3 is 1. The maximum absolute atomic E-state index is 13.7. The van der Waals surface area contributed by atoms with Gasteiger partial charge in [-0.05, 0) is 43.2 Å². The monoisotopic (exact) mass is 500 g/mol. The molecule has 2 aliphatic heterocycles. The Labute approximate surface area is 201 Å². The third kappa shape index (κ3) is 4.62. The normalized spacial score (nSPS) is 17.3. The van der Waals surface area contributed by atoms with Crippen molar-refractivity contribution in [3.63, 3.8) is 0 Å². The minimum absolute atomic E-state index is 0.0704. The van der Waals surface area contributed by atoms with Crippen LogP contribution in [0.3, 0.4) is 0 Å². The number of rotatable bonds is 7. The Hall–Kier alpha value is -3.41. The number of benzene rings is 2. The number of ether oxygens (including phenoxy) is 4. The molecule has 0 saturated carbocycles. The van der Waals surface area contributed by atoms with Crippen molar-refractivity contribution in [2.45, 2.75) is 30.4 Å². The Morgan fingerprint density at radius 1 is 1.17 bits per heavy atom. The molecule has 1 aromatic heterocycles. The summed E-state index contributed by atoms with van der Waals surface area (Å²) < 4.78 is 49.8. The van der Waals surface area contributed by atoms with E-state index >= 15 is 0 Å². The molecule has 35 heavy (non-hydrogen) atoms. The molecule has 10 nitrogen and oxygen atoms in total. The fraction of sp³-hybridized carbons (Fsp3) is 0.333. The predicted molar refractivity (Wildman–Crippen MR) is 125 cm³/mol. The van der Waals surface area contributed by atoms with Crippen LogP contribution in [-0.2, 0) is 26.0 Å².